The summed E-state index contributed by atoms with van der Waals surface area (Å²) in [5, 5.41) is 0. The lowest BCUT2D eigenvalue weighted by molar-refractivity contribution is 0.201. The van der Waals surface area contributed by atoms with Crippen molar-refractivity contribution in [1.82, 2.24) is 0 Å². The lowest BCUT2D eigenvalue weighted by Crippen LogP contribution is -2.15. The Bertz CT molecular complexity index is 896. The first-order valence-corrected chi connectivity index (χ1v) is 9.70. The Labute approximate surface area is 151 Å². The Balaban J connectivity index is 1.86. The summed E-state index contributed by atoms with van der Waals surface area (Å²) in [5.74, 6) is -1.11. The van der Waals surface area contributed by atoms with Gasteiger partial charge < -0.3 is 9.47 Å². The molecule has 8 heteroatoms. The van der Waals surface area contributed by atoms with Gasteiger partial charge in [0.15, 0.2) is 11.5 Å². The zero-order valence-corrected chi connectivity index (χ0v) is 15.0. The molecule has 0 aliphatic heterocycles. The molecule has 1 N–H and O–H groups in total. The summed E-state index contributed by atoms with van der Waals surface area (Å²) in [7, 11) is -2.72. The molecule has 1 saturated carbocycles. The predicted octanol–water partition coefficient (Wildman–Crippen LogP) is 4.10. The zero-order chi connectivity index (χ0) is 18.7. The third-order valence-electron chi connectivity index (χ3n) is 4.20. The maximum Gasteiger partial charge on any atom is 0.264 e. The van der Waals surface area contributed by atoms with Gasteiger partial charge in [-0.2, -0.15) is 0 Å². The molecule has 1 aliphatic carbocycles. The minimum atomic E-state index is -4.21. The van der Waals surface area contributed by atoms with Gasteiger partial charge in [-0.05, 0) is 49.9 Å². The van der Waals surface area contributed by atoms with E-state index >= 15 is 0 Å². The number of sulfonamides is 1. The molecule has 0 unspecified atom stereocenters. The molecule has 0 aromatic heterocycles. The number of hydrogen-bond donors (Lipinski definition) is 1. The highest BCUT2D eigenvalue weighted by atomic mass is 32.2. The molecule has 0 amide bonds. The third-order valence-corrected chi connectivity index (χ3v) is 5.61. The summed E-state index contributed by atoms with van der Waals surface area (Å²) >= 11 is 0. The number of halogens is 2. The average Bonchev–Trinajstić information content (AvgIpc) is 3.07. The van der Waals surface area contributed by atoms with Crippen molar-refractivity contribution < 1.29 is 26.7 Å². The van der Waals surface area contributed by atoms with Crippen molar-refractivity contribution in [3.05, 3.63) is 48.0 Å². The second-order valence-corrected chi connectivity index (χ2v) is 7.72. The summed E-state index contributed by atoms with van der Waals surface area (Å²) < 4.78 is 65.1. The Morgan fingerprint density at radius 1 is 1.04 bits per heavy atom. The Morgan fingerprint density at radius 3 is 2.42 bits per heavy atom. The fourth-order valence-electron chi connectivity index (χ4n) is 2.92. The quantitative estimate of drug-likeness (QED) is 0.816. The van der Waals surface area contributed by atoms with E-state index in [4.69, 9.17) is 9.47 Å². The normalized spacial score (nSPS) is 15.0. The molecule has 0 atom stereocenters. The first-order chi connectivity index (χ1) is 12.4. The summed E-state index contributed by atoms with van der Waals surface area (Å²) in [6.07, 6.45) is 4.09. The number of rotatable bonds is 6. The minimum absolute atomic E-state index is 0.0605. The predicted molar refractivity (Wildman–Crippen MR) is 93.0 cm³/mol. The average molecular weight is 383 g/mol. The van der Waals surface area contributed by atoms with Gasteiger partial charge in [0.2, 0.25) is 0 Å². The van der Waals surface area contributed by atoms with Gasteiger partial charge in [0.25, 0.3) is 10.0 Å². The number of hydrogen-bond acceptors (Lipinski definition) is 4. The Morgan fingerprint density at radius 2 is 1.77 bits per heavy atom. The van der Waals surface area contributed by atoms with Gasteiger partial charge in [-0.15, -0.1) is 0 Å². The van der Waals surface area contributed by atoms with Crippen LogP contribution in [0, 0.1) is 11.6 Å². The highest BCUT2D eigenvalue weighted by molar-refractivity contribution is 7.92. The van der Waals surface area contributed by atoms with Crippen LogP contribution in [0.2, 0.25) is 0 Å². The SMILES string of the molecule is COc1ccc(NS(=O)(=O)c2ccc(F)cc2F)cc1OC1CCCC1. The Kier molecular flexibility index (Phi) is 5.31. The number of benzene rings is 2. The van der Waals surface area contributed by atoms with Crippen LogP contribution in [0.1, 0.15) is 25.7 Å². The number of anilines is 1. The van der Waals surface area contributed by atoms with E-state index in [0.717, 1.165) is 37.8 Å². The van der Waals surface area contributed by atoms with E-state index in [1.165, 1.54) is 19.2 Å². The van der Waals surface area contributed by atoms with Gasteiger partial charge >= 0.3 is 0 Å². The smallest absolute Gasteiger partial charge is 0.264 e. The zero-order valence-electron chi connectivity index (χ0n) is 14.2. The Hall–Kier alpha value is -2.35. The summed E-state index contributed by atoms with van der Waals surface area (Å²) in [6, 6.07) is 6.85. The molecule has 1 aliphatic rings. The van der Waals surface area contributed by atoms with Crippen molar-refractivity contribution in [3.8, 4) is 11.5 Å². The lowest BCUT2D eigenvalue weighted by atomic mass is 10.2. The molecule has 1 fully saturated rings. The molecule has 0 bridgehead atoms. The second kappa shape index (κ2) is 7.49. The van der Waals surface area contributed by atoms with Crippen LogP contribution in [0.15, 0.2) is 41.3 Å². The molecular formula is C18H19F2NO4S. The molecule has 2 aromatic carbocycles. The van der Waals surface area contributed by atoms with Gasteiger partial charge in [0.05, 0.1) is 18.9 Å². The van der Waals surface area contributed by atoms with Gasteiger partial charge in [-0.25, -0.2) is 17.2 Å². The summed E-state index contributed by atoms with van der Waals surface area (Å²) in [4.78, 5) is -0.632. The van der Waals surface area contributed by atoms with Crippen LogP contribution in [0.5, 0.6) is 11.5 Å². The molecule has 0 spiro atoms. The van der Waals surface area contributed by atoms with E-state index in [2.05, 4.69) is 4.72 Å². The maximum atomic E-state index is 13.8. The van der Waals surface area contributed by atoms with Crippen molar-refractivity contribution in [3.63, 3.8) is 0 Å². The van der Waals surface area contributed by atoms with Gasteiger partial charge in [-0.1, -0.05) is 0 Å². The fourth-order valence-corrected chi connectivity index (χ4v) is 4.03. The number of nitrogens with one attached hydrogen (secondary N) is 1. The molecule has 140 valence electrons. The molecule has 2 aromatic rings. The molecule has 0 saturated heterocycles. The summed E-state index contributed by atoms with van der Waals surface area (Å²) in [6.45, 7) is 0. The fraction of sp³-hybridized carbons (Fsp3) is 0.333. The molecule has 0 heterocycles. The van der Waals surface area contributed by atoms with Crippen LogP contribution in [-0.4, -0.2) is 21.6 Å². The van der Waals surface area contributed by atoms with Crippen LogP contribution in [-0.2, 0) is 10.0 Å². The molecule has 0 radical (unpaired) electrons. The number of ether oxygens (including phenoxy) is 2. The highest BCUT2D eigenvalue weighted by Gasteiger charge is 2.22. The van der Waals surface area contributed by atoms with Crippen LogP contribution < -0.4 is 14.2 Å². The monoisotopic (exact) mass is 383 g/mol. The standard InChI is InChI=1S/C18H19F2NO4S/c1-24-16-8-7-13(11-17(16)25-14-4-2-3-5-14)21-26(22,23)18-9-6-12(19)10-15(18)20/h6-11,14,21H,2-5H2,1H3. The van der Waals surface area contributed by atoms with E-state index in [1.54, 1.807) is 6.07 Å². The molecular weight excluding hydrogens is 364 g/mol. The van der Waals surface area contributed by atoms with E-state index in [0.29, 0.717) is 17.6 Å². The van der Waals surface area contributed by atoms with Crippen LogP contribution in [0.4, 0.5) is 14.5 Å². The van der Waals surface area contributed by atoms with Crippen molar-refractivity contribution in [2.24, 2.45) is 0 Å². The molecule has 3 rings (SSSR count). The minimum Gasteiger partial charge on any atom is -0.493 e. The largest absolute Gasteiger partial charge is 0.493 e. The number of methoxy groups -OCH3 is 1. The van der Waals surface area contributed by atoms with Crippen molar-refractivity contribution in [2.45, 2.75) is 36.7 Å². The first kappa shape index (κ1) is 18.4. The van der Waals surface area contributed by atoms with Crippen molar-refractivity contribution in [1.29, 1.82) is 0 Å². The van der Waals surface area contributed by atoms with E-state index < -0.39 is 26.6 Å². The lowest BCUT2D eigenvalue weighted by Gasteiger charge is -2.17. The molecule has 26 heavy (non-hydrogen) atoms. The third kappa shape index (κ3) is 4.07. The van der Waals surface area contributed by atoms with Crippen molar-refractivity contribution in [2.75, 3.05) is 11.8 Å². The maximum absolute atomic E-state index is 13.8. The van der Waals surface area contributed by atoms with Gasteiger partial charge in [0, 0.05) is 12.1 Å². The van der Waals surface area contributed by atoms with E-state index in [9.17, 15) is 17.2 Å². The van der Waals surface area contributed by atoms with Gasteiger partial charge in [0.1, 0.15) is 16.5 Å². The topological polar surface area (TPSA) is 64.6 Å². The second-order valence-electron chi connectivity index (χ2n) is 6.07. The van der Waals surface area contributed by atoms with Crippen molar-refractivity contribution >= 4 is 15.7 Å². The highest BCUT2D eigenvalue weighted by Crippen LogP contribution is 2.34. The van der Waals surface area contributed by atoms with Gasteiger partial charge in [-0.3, -0.25) is 4.72 Å². The molecule has 5 nitrogen and oxygen atoms in total. The van der Waals surface area contributed by atoms with Crippen LogP contribution >= 0.6 is 0 Å². The summed E-state index contributed by atoms with van der Waals surface area (Å²) in [5.41, 5.74) is 0.197. The van der Waals surface area contributed by atoms with Crippen LogP contribution in [0.3, 0.4) is 0 Å². The van der Waals surface area contributed by atoms with E-state index in [-0.39, 0.29) is 11.8 Å². The first-order valence-electron chi connectivity index (χ1n) is 8.21. The van der Waals surface area contributed by atoms with Crippen LogP contribution in [0.25, 0.3) is 0 Å². The van der Waals surface area contributed by atoms with E-state index in [1.807, 2.05) is 0 Å².